The number of benzene rings is 1. The van der Waals surface area contributed by atoms with Crippen LogP contribution < -0.4 is 5.32 Å². The van der Waals surface area contributed by atoms with Gasteiger partial charge in [0.1, 0.15) is 0 Å². The molecular weight excluding hydrogens is 200 g/mol. The molecule has 1 aromatic carbocycles. The van der Waals surface area contributed by atoms with Gasteiger partial charge in [0.15, 0.2) is 0 Å². The van der Waals surface area contributed by atoms with Crippen molar-refractivity contribution >= 4 is 5.91 Å². The maximum atomic E-state index is 11.4. The van der Waals surface area contributed by atoms with Crippen molar-refractivity contribution in [3.8, 4) is 0 Å². The third-order valence-electron chi connectivity index (χ3n) is 3.17. The normalized spacial score (nSPS) is 20.9. The molecule has 1 saturated heterocycles. The fraction of sp³-hybridized carbons (Fsp3) is 0.462. The quantitative estimate of drug-likeness (QED) is 0.835. The zero-order valence-electron chi connectivity index (χ0n) is 9.65. The standard InChI is InChI=1S/C13H18N2O/c1-14-13(16)10-15-9-5-8-12(15)11-6-3-2-4-7-11/h2-4,6-7,12H,5,8-10H2,1H3,(H,14,16). The van der Waals surface area contributed by atoms with Crippen molar-refractivity contribution < 1.29 is 4.79 Å². The van der Waals surface area contributed by atoms with Gasteiger partial charge < -0.3 is 5.32 Å². The van der Waals surface area contributed by atoms with Gasteiger partial charge in [-0.3, -0.25) is 9.69 Å². The fourth-order valence-electron chi connectivity index (χ4n) is 2.33. The van der Waals surface area contributed by atoms with Crippen LogP contribution >= 0.6 is 0 Å². The third kappa shape index (κ3) is 2.42. The maximum absolute atomic E-state index is 11.4. The van der Waals surface area contributed by atoms with Crippen molar-refractivity contribution in [2.45, 2.75) is 18.9 Å². The number of nitrogens with one attached hydrogen (secondary N) is 1. The molecule has 1 amide bonds. The van der Waals surface area contributed by atoms with E-state index in [1.165, 1.54) is 12.0 Å². The van der Waals surface area contributed by atoms with Gasteiger partial charge in [0.05, 0.1) is 6.54 Å². The van der Waals surface area contributed by atoms with Gasteiger partial charge in [-0.1, -0.05) is 30.3 Å². The largest absolute Gasteiger partial charge is 0.358 e. The topological polar surface area (TPSA) is 32.3 Å². The molecule has 1 aliphatic rings. The summed E-state index contributed by atoms with van der Waals surface area (Å²) in [7, 11) is 1.69. The molecule has 0 radical (unpaired) electrons. The van der Waals surface area contributed by atoms with Crippen molar-refractivity contribution in [2.24, 2.45) is 0 Å². The van der Waals surface area contributed by atoms with Gasteiger partial charge in [0.25, 0.3) is 0 Å². The second-order valence-electron chi connectivity index (χ2n) is 4.21. The number of carbonyl (C=O) groups is 1. The number of amides is 1. The molecular formula is C13H18N2O. The van der Waals surface area contributed by atoms with Gasteiger partial charge in [-0.15, -0.1) is 0 Å². The average molecular weight is 218 g/mol. The van der Waals surface area contributed by atoms with E-state index >= 15 is 0 Å². The van der Waals surface area contributed by atoms with E-state index in [1.807, 2.05) is 6.07 Å². The van der Waals surface area contributed by atoms with E-state index in [0.717, 1.165) is 13.0 Å². The molecule has 16 heavy (non-hydrogen) atoms. The van der Waals surface area contributed by atoms with Gasteiger partial charge in [-0.25, -0.2) is 0 Å². The minimum absolute atomic E-state index is 0.0998. The highest BCUT2D eigenvalue weighted by Crippen LogP contribution is 2.31. The predicted octanol–water partition coefficient (Wildman–Crippen LogP) is 1.57. The first-order valence-electron chi connectivity index (χ1n) is 5.81. The lowest BCUT2D eigenvalue weighted by molar-refractivity contribution is -0.122. The Morgan fingerprint density at radius 1 is 1.44 bits per heavy atom. The molecule has 1 aromatic rings. The van der Waals surface area contributed by atoms with E-state index in [2.05, 4.69) is 34.5 Å². The zero-order chi connectivity index (χ0) is 11.4. The molecule has 1 N–H and O–H groups in total. The van der Waals surface area contributed by atoms with E-state index in [1.54, 1.807) is 7.05 Å². The highest BCUT2D eigenvalue weighted by molar-refractivity contribution is 5.77. The van der Waals surface area contributed by atoms with Crippen LogP contribution in [0.3, 0.4) is 0 Å². The van der Waals surface area contributed by atoms with Crippen molar-refractivity contribution in [3.05, 3.63) is 35.9 Å². The van der Waals surface area contributed by atoms with Gasteiger partial charge in [-0.2, -0.15) is 0 Å². The molecule has 1 unspecified atom stereocenters. The number of likely N-dealkylation sites (N-methyl/N-ethyl adjacent to an activating group) is 1. The molecule has 0 bridgehead atoms. The first-order valence-corrected chi connectivity index (χ1v) is 5.81. The Morgan fingerprint density at radius 2 is 2.19 bits per heavy atom. The van der Waals surface area contributed by atoms with E-state index < -0.39 is 0 Å². The van der Waals surface area contributed by atoms with E-state index in [4.69, 9.17) is 0 Å². The minimum Gasteiger partial charge on any atom is -0.358 e. The average Bonchev–Trinajstić information content (AvgIpc) is 2.78. The third-order valence-corrected chi connectivity index (χ3v) is 3.17. The van der Waals surface area contributed by atoms with Crippen LogP contribution in [-0.4, -0.2) is 30.9 Å². The van der Waals surface area contributed by atoms with Crippen LogP contribution in [0.25, 0.3) is 0 Å². The predicted molar refractivity (Wildman–Crippen MR) is 64.1 cm³/mol. The first kappa shape index (κ1) is 11.1. The van der Waals surface area contributed by atoms with Crippen molar-refractivity contribution in [1.82, 2.24) is 10.2 Å². The van der Waals surface area contributed by atoms with Crippen LogP contribution in [0.2, 0.25) is 0 Å². The van der Waals surface area contributed by atoms with Crippen LogP contribution in [0.1, 0.15) is 24.4 Å². The summed E-state index contributed by atoms with van der Waals surface area (Å²) in [6.07, 6.45) is 2.33. The fourth-order valence-corrected chi connectivity index (χ4v) is 2.33. The summed E-state index contributed by atoms with van der Waals surface area (Å²) in [5, 5.41) is 2.68. The molecule has 1 atom stereocenters. The number of likely N-dealkylation sites (tertiary alicyclic amines) is 1. The molecule has 1 heterocycles. The highest BCUT2D eigenvalue weighted by atomic mass is 16.1. The molecule has 3 nitrogen and oxygen atoms in total. The van der Waals surface area contributed by atoms with Crippen molar-refractivity contribution in [3.63, 3.8) is 0 Å². The summed E-state index contributed by atoms with van der Waals surface area (Å²) in [6, 6.07) is 10.9. The number of hydrogen-bond donors (Lipinski definition) is 1. The summed E-state index contributed by atoms with van der Waals surface area (Å²) in [6.45, 7) is 1.53. The summed E-state index contributed by atoms with van der Waals surface area (Å²) in [5.41, 5.74) is 1.32. The minimum atomic E-state index is 0.0998. The number of carbonyl (C=O) groups excluding carboxylic acids is 1. The lowest BCUT2D eigenvalue weighted by atomic mass is 10.0. The van der Waals surface area contributed by atoms with E-state index in [9.17, 15) is 4.79 Å². The molecule has 1 fully saturated rings. The zero-order valence-corrected chi connectivity index (χ0v) is 9.65. The van der Waals surface area contributed by atoms with Crippen LogP contribution in [0.5, 0.6) is 0 Å². The Kier molecular flexibility index (Phi) is 3.57. The van der Waals surface area contributed by atoms with Gasteiger partial charge >= 0.3 is 0 Å². The number of hydrogen-bond acceptors (Lipinski definition) is 2. The lowest BCUT2D eigenvalue weighted by Gasteiger charge is -2.23. The summed E-state index contributed by atoms with van der Waals surface area (Å²) in [5.74, 6) is 0.0998. The Bertz CT molecular complexity index is 350. The number of rotatable bonds is 3. The molecule has 0 aromatic heterocycles. The summed E-state index contributed by atoms with van der Waals surface area (Å²) >= 11 is 0. The molecule has 86 valence electrons. The lowest BCUT2D eigenvalue weighted by Crippen LogP contribution is -2.35. The smallest absolute Gasteiger partial charge is 0.233 e. The van der Waals surface area contributed by atoms with E-state index in [0.29, 0.717) is 12.6 Å². The Hall–Kier alpha value is -1.35. The summed E-state index contributed by atoms with van der Waals surface area (Å²) < 4.78 is 0. The van der Waals surface area contributed by atoms with Gasteiger partial charge in [-0.05, 0) is 24.9 Å². The van der Waals surface area contributed by atoms with Crippen LogP contribution in [0, 0.1) is 0 Å². The molecule has 0 saturated carbocycles. The molecule has 1 aliphatic heterocycles. The second-order valence-corrected chi connectivity index (χ2v) is 4.21. The Morgan fingerprint density at radius 3 is 2.88 bits per heavy atom. The molecule has 0 spiro atoms. The first-order chi connectivity index (χ1) is 7.81. The van der Waals surface area contributed by atoms with Gasteiger partial charge in [0.2, 0.25) is 5.91 Å². The number of nitrogens with zero attached hydrogens (tertiary/aromatic N) is 1. The Labute approximate surface area is 96.5 Å². The van der Waals surface area contributed by atoms with Crippen molar-refractivity contribution in [1.29, 1.82) is 0 Å². The van der Waals surface area contributed by atoms with Gasteiger partial charge in [0, 0.05) is 13.1 Å². The molecule has 0 aliphatic carbocycles. The second kappa shape index (κ2) is 5.12. The molecule has 2 rings (SSSR count). The maximum Gasteiger partial charge on any atom is 0.233 e. The summed E-state index contributed by atoms with van der Waals surface area (Å²) in [4.78, 5) is 13.6. The van der Waals surface area contributed by atoms with Crippen molar-refractivity contribution in [2.75, 3.05) is 20.1 Å². The van der Waals surface area contributed by atoms with Crippen LogP contribution in [0.15, 0.2) is 30.3 Å². The highest BCUT2D eigenvalue weighted by Gasteiger charge is 2.26. The Balaban J connectivity index is 2.06. The van der Waals surface area contributed by atoms with Crippen LogP contribution in [0.4, 0.5) is 0 Å². The SMILES string of the molecule is CNC(=O)CN1CCCC1c1ccccc1. The molecule has 3 heteroatoms. The van der Waals surface area contributed by atoms with E-state index in [-0.39, 0.29) is 5.91 Å². The monoisotopic (exact) mass is 218 g/mol. The van der Waals surface area contributed by atoms with Crippen LogP contribution in [-0.2, 0) is 4.79 Å².